The number of fused-ring (bicyclic) bond motifs is 2. The smallest absolute Gasteiger partial charge is 0.343 e. The highest BCUT2D eigenvalue weighted by atomic mass is 35.5. The number of esters is 2. The van der Waals surface area contributed by atoms with Crippen LogP contribution in [0.5, 0.6) is 17.2 Å². The number of hydrogen-bond donors (Lipinski definition) is 0. The Hall–Kier alpha value is -5.10. The van der Waals surface area contributed by atoms with Crippen LogP contribution < -0.4 is 29.1 Å². The first-order valence-electron chi connectivity index (χ1n) is 16.4. The van der Waals surface area contributed by atoms with Crippen molar-refractivity contribution in [3.63, 3.8) is 0 Å². The summed E-state index contributed by atoms with van der Waals surface area (Å²) in [6.07, 6.45) is 1.79. The number of nitrogens with zero attached hydrogens (tertiary/aromatic N) is 2. The maximum Gasteiger partial charge on any atom is 0.343 e. The van der Waals surface area contributed by atoms with Crippen LogP contribution >= 0.6 is 34.5 Å². The van der Waals surface area contributed by atoms with Crippen molar-refractivity contribution in [1.82, 2.24) is 4.57 Å². The van der Waals surface area contributed by atoms with E-state index in [0.717, 1.165) is 16.3 Å². The summed E-state index contributed by atoms with van der Waals surface area (Å²) < 4.78 is 29.9. The highest BCUT2D eigenvalue weighted by molar-refractivity contribution is 7.07. The predicted octanol–water partition coefficient (Wildman–Crippen LogP) is 6.79. The molecule has 1 aliphatic rings. The molecule has 13 heteroatoms. The summed E-state index contributed by atoms with van der Waals surface area (Å²) in [6, 6.07) is 21.0. The molecule has 0 unspecified atom stereocenters. The molecule has 2 heterocycles. The molecule has 0 aliphatic carbocycles. The van der Waals surface area contributed by atoms with Gasteiger partial charge in [0, 0.05) is 21.2 Å². The Kier molecular flexibility index (Phi) is 11.3. The lowest BCUT2D eigenvalue weighted by Crippen LogP contribution is -2.40. The largest absolute Gasteiger partial charge is 0.490 e. The van der Waals surface area contributed by atoms with Gasteiger partial charge in [0.15, 0.2) is 22.9 Å². The zero-order valence-electron chi connectivity index (χ0n) is 28.7. The van der Waals surface area contributed by atoms with Crippen LogP contribution in [0, 0.1) is 0 Å². The molecule has 0 bridgehead atoms. The second-order valence-electron chi connectivity index (χ2n) is 11.5. The van der Waals surface area contributed by atoms with Gasteiger partial charge in [0.2, 0.25) is 0 Å². The molecule has 0 saturated heterocycles. The Morgan fingerprint density at radius 2 is 1.71 bits per heavy atom. The number of benzene rings is 4. The molecule has 52 heavy (non-hydrogen) atoms. The lowest BCUT2D eigenvalue weighted by atomic mass is 9.95. The molecule has 5 aromatic rings. The average Bonchev–Trinajstić information content (AvgIpc) is 3.44. The summed E-state index contributed by atoms with van der Waals surface area (Å²) in [6.45, 7) is 5.49. The molecule has 10 nitrogen and oxygen atoms in total. The van der Waals surface area contributed by atoms with Gasteiger partial charge in [0.25, 0.3) is 5.56 Å². The van der Waals surface area contributed by atoms with Gasteiger partial charge in [-0.15, -0.1) is 0 Å². The molecule has 0 radical (unpaired) electrons. The fourth-order valence-electron chi connectivity index (χ4n) is 5.86. The number of methoxy groups -OCH3 is 1. The van der Waals surface area contributed by atoms with Gasteiger partial charge in [0.1, 0.15) is 12.4 Å². The normalized spacial score (nSPS) is 14.1. The Bertz CT molecular complexity index is 2400. The lowest BCUT2D eigenvalue weighted by molar-refractivity contribution is -0.143. The third-order valence-corrected chi connectivity index (χ3v) is 9.85. The standard InChI is InChI=1S/C39H34Cl2N2O8S/c1-5-48-32-17-24(13-16-31(32)51-21-34(44)47-4)36-35(38(46)49-6-2)22(3)42-39-43(36)37(45)33(52-39)19-28-27-10-8-7-9-23(27)12-15-30(28)50-20-25-11-14-26(40)18-29(25)41/h7-19,36H,5-6,20-21H2,1-4H3/b33-19+/t36-/m1/s1. The summed E-state index contributed by atoms with van der Waals surface area (Å²) in [5, 5.41) is 2.82. The van der Waals surface area contributed by atoms with E-state index in [9.17, 15) is 14.4 Å². The van der Waals surface area contributed by atoms with Crippen LogP contribution in [-0.2, 0) is 25.7 Å². The summed E-state index contributed by atoms with van der Waals surface area (Å²) >= 11 is 13.7. The topological polar surface area (TPSA) is 115 Å². The van der Waals surface area contributed by atoms with Crippen molar-refractivity contribution < 1.29 is 33.3 Å². The van der Waals surface area contributed by atoms with Crippen LogP contribution in [0.25, 0.3) is 16.8 Å². The van der Waals surface area contributed by atoms with Crippen molar-refractivity contribution in [1.29, 1.82) is 0 Å². The number of thiazole rings is 1. The molecule has 0 N–H and O–H groups in total. The zero-order chi connectivity index (χ0) is 36.9. The molecule has 1 atom stereocenters. The third kappa shape index (κ3) is 7.57. The van der Waals surface area contributed by atoms with Crippen molar-refractivity contribution in [3.8, 4) is 17.2 Å². The molecule has 0 spiro atoms. The van der Waals surface area contributed by atoms with Crippen LogP contribution in [0.1, 0.15) is 43.5 Å². The number of rotatable bonds is 12. The third-order valence-electron chi connectivity index (χ3n) is 8.28. The molecule has 1 aromatic heterocycles. The maximum atomic E-state index is 14.6. The number of ether oxygens (including phenoxy) is 5. The van der Waals surface area contributed by atoms with E-state index < -0.39 is 18.0 Å². The van der Waals surface area contributed by atoms with Gasteiger partial charge in [-0.2, -0.15) is 0 Å². The molecule has 0 amide bonds. The molecule has 6 rings (SSSR count). The van der Waals surface area contributed by atoms with Crippen LogP contribution in [-0.4, -0.2) is 43.4 Å². The van der Waals surface area contributed by atoms with E-state index in [-0.39, 0.29) is 31.0 Å². The zero-order valence-corrected chi connectivity index (χ0v) is 31.1. The first kappa shape index (κ1) is 36.7. The number of carbonyl (C=O) groups excluding carboxylic acids is 2. The molecule has 1 aliphatic heterocycles. The van der Waals surface area contributed by atoms with Crippen LogP contribution in [0.2, 0.25) is 10.0 Å². The predicted molar refractivity (Wildman–Crippen MR) is 200 cm³/mol. The quantitative estimate of drug-likeness (QED) is 0.128. The van der Waals surface area contributed by atoms with Crippen LogP contribution in [0.3, 0.4) is 0 Å². The van der Waals surface area contributed by atoms with Crippen molar-refractivity contribution in [3.05, 3.63) is 130 Å². The van der Waals surface area contributed by atoms with Crippen LogP contribution in [0.4, 0.5) is 0 Å². The highest BCUT2D eigenvalue weighted by Crippen LogP contribution is 2.37. The summed E-state index contributed by atoms with van der Waals surface area (Å²) in [4.78, 5) is 45.0. The number of carbonyl (C=O) groups is 2. The van der Waals surface area contributed by atoms with E-state index in [2.05, 4.69) is 0 Å². The van der Waals surface area contributed by atoms with Gasteiger partial charge < -0.3 is 23.7 Å². The average molecular weight is 762 g/mol. The van der Waals surface area contributed by atoms with E-state index in [1.807, 2.05) is 49.4 Å². The summed E-state index contributed by atoms with van der Waals surface area (Å²) in [5.41, 5.74) is 2.24. The van der Waals surface area contributed by atoms with Crippen LogP contribution in [0.15, 0.2) is 93.9 Å². The Morgan fingerprint density at radius 1 is 0.923 bits per heavy atom. The van der Waals surface area contributed by atoms with Crippen molar-refractivity contribution >= 4 is 63.3 Å². The SMILES string of the molecule is CCOC(=O)C1=C(C)N=c2s/c(=C/c3c(OCc4ccc(Cl)cc4Cl)ccc4ccccc34)c(=O)n2[C@@H]1c1ccc(OCC(=O)OC)c(OCC)c1. The van der Waals surface area contributed by atoms with Gasteiger partial charge >= 0.3 is 11.9 Å². The Morgan fingerprint density at radius 3 is 2.46 bits per heavy atom. The fraction of sp³-hybridized carbons (Fsp3) is 0.231. The number of aromatic nitrogens is 1. The van der Waals surface area contributed by atoms with Gasteiger partial charge in [0.05, 0.1) is 42.2 Å². The second kappa shape index (κ2) is 16.1. The van der Waals surface area contributed by atoms with Crippen molar-refractivity contribution in [2.75, 3.05) is 26.9 Å². The number of hydrogen-bond acceptors (Lipinski definition) is 10. The van der Waals surface area contributed by atoms with E-state index >= 15 is 0 Å². The molecular formula is C39H34Cl2N2O8S. The highest BCUT2D eigenvalue weighted by Gasteiger charge is 2.34. The maximum absolute atomic E-state index is 14.6. The van der Waals surface area contributed by atoms with Gasteiger partial charge in [-0.25, -0.2) is 14.6 Å². The summed E-state index contributed by atoms with van der Waals surface area (Å²) in [5.74, 6) is -0.000234. The molecule has 0 saturated carbocycles. The molecule has 4 aromatic carbocycles. The minimum absolute atomic E-state index is 0.127. The first-order valence-corrected chi connectivity index (χ1v) is 17.9. The van der Waals surface area contributed by atoms with Gasteiger partial charge in [-0.3, -0.25) is 9.36 Å². The van der Waals surface area contributed by atoms with E-state index in [1.54, 1.807) is 50.3 Å². The monoisotopic (exact) mass is 760 g/mol. The Labute approximate surface area is 313 Å². The summed E-state index contributed by atoms with van der Waals surface area (Å²) in [7, 11) is 1.27. The van der Waals surface area contributed by atoms with Gasteiger partial charge in [-0.1, -0.05) is 77.0 Å². The molecular weight excluding hydrogens is 727 g/mol. The molecule has 0 fully saturated rings. The second-order valence-corrected chi connectivity index (χ2v) is 13.4. The lowest BCUT2D eigenvalue weighted by Gasteiger charge is -2.25. The minimum atomic E-state index is -0.915. The van der Waals surface area contributed by atoms with Crippen molar-refractivity contribution in [2.24, 2.45) is 4.99 Å². The van der Waals surface area contributed by atoms with E-state index in [4.69, 9.17) is 51.9 Å². The van der Waals surface area contributed by atoms with E-state index in [1.165, 1.54) is 23.0 Å². The first-order chi connectivity index (χ1) is 25.1. The fourth-order valence-corrected chi connectivity index (χ4v) is 7.35. The number of halogens is 2. The molecule has 268 valence electrons. The minimum Gasteiger partial charge on any atom is -0.490 e. The number of allylic oxidation sites excluding steroid dienone is 1. The van der Waals surface area contributed by atoms with E-state index in [0.29, 0.717) is 60.1 Å². The van der Waals surface area contributed by atoms with Gasteiger partial charge in [-0.05, 0) is 73.5 Å². The van der Waals surface area contributed by atoms with Crippen molar-refractivity contribution in [2.45, 2.75) is 33.4 Å². The Balaban J connectivity index is 1.50.